The molecule has 0 aliphatic carbocycles. The summed E-state index contributed by atoms with van der Waals surface area (Å²) in [7, 11) is 0. The van der Waals surface area contributed by atoms with Crippen molar-refractivity contribution in [2.45, 2.75) is 25.3 Å². The largest absolute Gasteiger partial charge is 0.484 e. The molecule has 0 bridgehead atoms. The molecular formula is C19H26N2O5S. The van der Waals surface area contributed by atoms with Crippen LogP contribution in [0.5, 0.6) is 5.75 Å². The summed E-state index contributed by atoms with van der Waals surface area (Å²) in [5, 5.41) is 12.0. The highest BCUT2D eigenvalue weighted by Gasteiger charge is 2.32. The Labute approximate surface area is 163 Å². The van der Waals surface area contributed by atoms with Crippen molar-refractivity contribution in [3.8, 4) is 5.75 Å². The summed E-state index contributed by atoms with van der Waals surface area (Å²) < 4.78 is 5.43. The highest BCUT2D eigenvalue weighted by Crippen LogP contribution is 2.18. The molecule has 2 atom stereocenters. The Morgan fingerprint density at radius 1 is 1.33 bits per heavy atom. The molecule has 1 fully saturated rings. The highest BCUT2D eigenvalue weighted by molar-refractivity contribution is 7.98. The number of carbonyl (C=O) groups is 3. The average molecular weight is 394 g/mol. The van der Waals surface area contributed by atoms with Gasteiger partial charge in [-0.2, -0.15) is 11.8 Å². The number of nitrogens with one attached hydrogen (secondary N) is 1. The van der Waals surface area contributed by atoms with Crippen molar-refractivity contribution in [1.29, 1.82) is 0 Å². The predicted molar refractivity (Wildman–Crippen MR) is 104 cm³/mol. The van der Waals surface area contributed by atoms with Crippen LogP contribution < -0.4 is 10.1 Å². The molecule has 1 saturated heterocycles. The molecule has 0 saturated carbocycles. The van der Waals surface area contributed by atoms with Gasteiger partial charge in [-0.1, -0.05) is 18.2 Å². The standard InChI is InChI=1S/C19H26N2O5S/c1-27-11-9-16(18(23)21-10-5-6-14(12-21)19(24)25)20-17(22)13-26-15-7-3-2-4-8-15/h2-4,7-8,14,16H,5-6,9-13H2,1H3,(H,20,22)(H,24,25). The molecule has 1 aromatic carbocycles. The monoisotopic (exact) mass is 394 g/mol. The molecule has 27 heavy (non-hydrogen) atoms. The van der Waals surface area contributed by atoms with Gasteiger partial charge < -0.3 is 20.1 Å². The number of benzene rings is 1. The number of hydrogen-bond acceptors (Lipinski definition) is 5. The zero-order valence-electron chi connectivity index (χ0n) is 15.4. The quantitative estimate of drug-likeness (QED) is 0.661. The normalized spacial score (nSPS) is 17.8. The van der Waals surface area contributed by atoms with Crippen LogP contribution in [0.3, 0.4) is 0 Å². The van der Waals surface area contributed by atoms with E-state index in [1.807, 2.05) is 24.5 Å². The van der Waals surface area contributed by atoms with Crippen LogP contribution in [-0.4, -0.2) is 65.5 Å². The third-order valence-electron chi connectivity index (χ3n) is 4.44. The van der Waals surface area contributed by atoms with Crippen LogP contribution in [0.1, 0.15) is 19.3 Å². The predicted octanol–water partition coefficient (Wildman–Crippen LogP) is 1.63. The molecule has 0 aromatic heterocycles. The summed E-state index contributed by atoms with van der Waals surface area (Å²) >= 11 is 1.59. The molecule has 2 rings (SSSR count). The first kappa shape index (κ1) is 21.1. The second-order valence-corrected chi connectivity index (χ2v) is 7.45. The maximum Gasteiger partial charge on any atom is 0.308 e. The number of carbonyl (C=O) groups excluding carboxylic acids is 2. The van der Waals surface area contributed by atoms with Crippen molar-refractivity contribution >= 4 is 29.5 Å². The van der Waals surface area contributed by atoms with Gasteiger partial charge in [0.25, 0.3) is 5.91 Å². The van der Waals surface area contributed by atoms with Crippen molar-refractivity contribution in [2.24, 2.45) is 5.92 Å². The van der Waals surface area contributed by atoms with Crippen molar-refractivity contribution in [2.75, 3.05) is 31.7 Å². The van der Waals surface area contributed by atoms with Crippen LogP contribution in [0, 0.1) is 5.92 Å². The third-order valence-corrected chi connectivity index (χ3v) is 5.08. The lowest BCUT2D eigenvalue weighted by atomic mass is 9.97. The van der Waals surface area contributed by atoms with Gasteiger partial charge in [-0.15, -0.1) is 0 Å². The van der Waals surface area contributed by atoms with Crippen LogP contribution >= 0.6 is 11.8 Å². The van der Waals surface area contributed by atoms with Gasteiger partial charge in [0.1, 0.15) is 11.8 Å². The minimum absolute atomic E-state index is 0.176. The zero-order chi connectivity index (χ0) is 19.6. The summed E-state index contributed by atoms with van der Waals surface area (Å²) in [6, 6.07) is 8.32. The first-order valence-corrected chi connectivity index (χ1v) is 10.4. The van der Waals surface area contributed by atoms with Crippen molar-refractivity contribution in [3.63, 3.8) is 0 Å². The fourth-order valence-electron chi connectivity index (χ4n) is 2.99. The summed E-state index contributed by atoms with van der Waals surface area (Å²) in [5.74, 6) is -0.713. The van der Waals surface area contributed by atoms with E-state index in [1.165, 1.54) is 0 Å². The van der Waals surface area contributed by atoms with Gasteiger partial charge in [-0.05, 0) is 43.4 Å². The van der Waals surface area contributed by atoms with Crippen LogP contribution in [-0.2, 0) is 14.4 Å². The molecule has 1 aliphatic rings. The van der Waals surface area contributed by atoms with Crippen LogP contribution in [0.4, 0.5) is 0 Å². The van der Waals surface area contributed by atoms with Crippen molar-refractivity contribution in [1.82, 2.24) is 10.2 Å². The molecule has 0 spiro atoms. The Kier molecular flexibility index (Phi) is 8.44. The molecule has 2 N–H and O–H groups in total. The molecule has 2 unspecified atom stereocenters. The fourth-order valence-corrected chi connectivity index (χ4v) is 3.47. The van der Waals surface area contributed by atoms with Crippen LogP contribution in [0.15, 0.2) is 30.3 Å². The molecule has 8 heteroatoms. The molecule has 148 valence electrons. The zero-order valence-corrected chi connectivity index (χ0v) is 16.2. The molecule has 7 nitrogen and oxygen atoms in total. The van der Waals surface area contributed by atoms with Gasteiger partial charge in [-0.25, -0.2) is 0 Å². The van der Waals surface area contributed by atoms with Gasteiger partial charge in [0.05, 0.1) is 5.92 Å². The van der Waals surface area contributed by atoms with Gasteiger partial charge >= 0.3 is 5.97 Å². The molecule has 0 radical (unpaired) electrons. The number of likely N-dealkylation sites (tertiary alicyclic amines) is 1. The van der Waals surface area contributed by atoms with E-state index in [0.717, 1.165) is 0 Å². The van der Waals surface area contributed by atoms with E-state index in [2.05, 4.69) is 5.32 Å². The van der Waals surface area contributed by atoms with Gasteiger partial charge in [0.2, 0.25) is 5.91 Å². The number of thioether (sulfide) groups is 1. The summed E-state index contributed by atoms with van der Waals surface area (Å²) in [6.45, 7) is 0.542. The van der Waals surface area contributed by atoms with Gasteiger partial charge in [0.15, 0.2) is 6.61 Å². The Bertz CT molecular complexity index is 640. The van der Waals surface area contributed by atoms with E-state index in [1.54, 1.807) is 28.8 Å². The number of para-hydroxylation sites is 1. The number of hydrogen-bond donors (Lipinski definition) is 2. The number of aliphatic carboxylic acids is 1. The van der Waals surface area contributed by atoms with Gasteiger partial charge in [-0.3, -0.25) is 14.4 Å². The smallest absolute Gasteiger partial charge is 0.308 e. The number of amides is 2. The Hall–Kier alpha value is -2.22. The van der Waals surface area contributed by atoms with Crippen LogP contribution in [0.2, 0.25) is 0 Å². The Morgan fingerprint density at radius 2 is 2.07 bits per heavy atom. The lowest BCUT2D eigenvalue weighted by molar-refractivity contribution is -0.147. The number of carboxylic acid groups (broad SMARTS) is 1. The fraction of sp³-hybridized carbons (Fsp3) is 0.526. The second kappa shape index (κ2) is 10.8. The number of nitrogens with zero attached hydrogens (tertiary/aromatic N) is 1. The maximum absolute atomic E-state index is 12.9. The van der Waals surface area contributed by atoms with Crippen LogP contribution in [0.25, 0.3) is 0 Å². The molecule has 1 aromatic rings. The SMILES string of the molecule is CSCCC(NC(=O)COc1ccccc1)C(=O)N1CCCC(C(=O)O)C1. The van der Waals surface area contributed by atoms with E-state index in [9.17, 15) is 19.5 Å². The minimum atomic E-state index is -0.881. The van der Waals surface area contributed by atoms with E-state index >= 15 is 0 Å². The lowest BCUT2D eigenvalue weighted by Crippen LogP contribution is -2.53. The van der Waals surface area contributed by atoms with Crippen molar-refractivity contribution < 1.29 is 24.2 Å². The maximum atomic E-state index is 12.9. The Morgan fingerprint density at radius 3 is 2.74 bits per heavy atom. The molecule has 1 heterocycles. The lowest BCUT2D eigenvalue weighted by Gasteiger charge is -2.33. The number of piperidine rings is 1. The topological polar surface area (TPSA) is 95.9 Å². The molecular weight excluding hydrogens is 368 g/mol. The van der Waals surface area contributed by atoms with E-state index in [4.69, 9.17) is 4.74 Å². The molecule has 2 amide bonds. The highest BCUT2D eigenvalue weighted by atomic mass is 32.2. The number of carboxylic acids is 1. The summed E-state index contributed by atoms with van der Waals surface area (Å²) in [6.07, 6.45) is 3.66. The van der Waals surface area contributed by atoms with E-state index in [0.29, 0.717) is 37.3 Å². The minimum Gasteiger partial charge on any atom is -0.484 e. The van der Waals surface area contributed by atoms with E-state index in [-0.39, 0.29) is 25.0 Å². The number of rotatable bonds is 9. The molecule has 1 aliphatic heterocycles. The second-order valence-electron chi connectivity index (χ2n) is 6.46. The first-order chi connectivity index (χ1) is 13.0. The van der Waals surface area contributed by atoms with Gasteiger partial charge in [0, 0.05) is 13.1 Å². The third kappa shape index (κ3) is 6.78. The summed E-state index contributed by atoms with van der Waals surface area (Å²) in [5.41, 5.74) is 0. The number of ether oxygens (including phenoxy) is 1. The van der Waals surface area contributed by atoms with E-state index < -0.39 is 17.9 Å². The average Bonchev–Trinajstić information content (AvgIpc) is 2.69. The summed E-state index contributed by atoms with van der Waals surface area (Å²) in [4.78, 5) is 37.9. The van der Waals surface area contributed by atoms with Crippen molar-refractivity contribution in [3.05, 3.63) is 30.3 Å². The first-order valence-electron chi connectivity index (χ1n) is 8.99. The Balaban J connectivity index is 1.93.